The summed E-state index contributed by atoms with van der Waals surface area (Å²) in [6.07, 6.45) is 6.57. The maximum absolute atomic E-state index is 12.3. The van der Waals surface area contributed by atoms with Gasteiger partial charge in [-0.25, -0.2) is 4.98 Å². The molecule has 6 nitrogen and oxygen atoms in total. The summed E-state index contributed by atoms with van der Waals surface area (Å²) in [6.45, 7) is 1.04. The first-order chi connectivity index (χ1) is 10.7. The number of fused-ring (bicyclic) bond motifs is 3. The molecule has 0 spiro atoms. The predicted molar refractivity (Wildman–Crippen MR) is 83.2 cm³/mol. The van der Waals surface area contributed by atoms with Gasteiger partial charge in [-0.05, 0) is 30.9 Å². The van der Waals surface area contributed by atoms with Gasteiger partial charge in [0.25, 0.3) is 11.5 Å². The number of amides is 1. The highest BCUT2D eigenvalue weighted by Crippen LogP contribution is 2.34. The number of hydrogen-bond donors (Lipinski definition) is 2. The number of ether oxygens (including phenoxy) is 1. The maximum atomic E-state index is 12.3. The van der Waals surface area contributed by atoms with E-state index in [0.29, 0.717) is 23.4 Å². The van der Waals surface area contributed by atoms with Crippen LogP contribution in [0, 0.1) is 5.92 Å². The Hall–Kier alpha value is -2.15. The van der Waals surface area contributed by atoms with Crippen LogP contribution in [0.4, 0.5) is 0 Å². The van der Waals surface area contributed by atoms with Gasteiger partial charge in [-0.1, -0.05) is 0 Å². The van der Waals surface area contributed by atoms with Gasteiger partial charge < -0.3 is 15.0 Å². The van der Waals surface area contributed by atoms with Crippen molar-refractivity contribution in [2.45, 2.75) is 19.3 Å². The van der Waals surface area contributed by atoms with Crippen LogP contribution in [-0.4, -0.2) is 29.0 Å². The van der Waals surface area contributed by atoms with Crippen LogP contribution < -0.4 is 10.9 Å². The number of aromatic amines is 1. The van der Waals surface area contributed by atoms with E-state index in [-0.39, 0.29) is 23.2 Å². The van der Waals surface area contributed by atoms with Gasteiger partial charge in [-0.3, -0.25) is 9.59 Å². The molecule has 114 valence electrons. The number of carbonyl (C=O) groups is 1. The molecule has 0 bridgehead atoms. The average Bonchev–Trinajstić information content (AvgIpc) is 3.20. The summed E-state index contributed by atoms with van der Waals surface area (Å²) in [5.74, 6) is -0.0990. The molecular weight excluding hydrogens is 302 g/mol. The number of H-pyrrole nitrogens is 1. The lowest BCUT2D eigenvalue weighted by atomic mass is 10.2. The third-order valence-electron chi connectivity index (χ3n) is 4.07. The Morgan fingerprint density at radius 1 is 1.50 bits per heavy atom. The van der Waals surface area contributed by atoms with Gasteiger partial charge in [-0.2, -0.15) is 0 Å². The summed E-state index contributed by atoms with van der Waals surface area (Å²) in [6, 6.07) is 0. The van der Waals surface area contributed by atoms with Crippen molar-refractivity contribution in [3.63, 3.8) is 0 Å². The van der Waals surface area contributed by atoms with Crippen molar-refractivity contribution < 1.29 is 9.53 Å². The number of carbonyl (C=O) groups excluding carboxylic acids is 1. The minimum Gasteiger partial charge on any atom is -0.501 e. The molecule has 2 aromatic rings. The summed E-state index contributed by atoms with van der Waals surface area (Å²) >= 11 is 1.53. The smallest absolute Gasteiger partial charge is 0.287 e. The van der Waals surface area contributed by atoms with Crippen molar-refractivity contribution in [3.05, 3.63) is 39.0 Å². The van der Waals surface area contributed by atoms with Crippen LogP contribution in [0.25, 0.3) is 10.2 Å². The minimum atomic E-state index is -0.354. The van der Waals surface area contributed by atoms with Crippen molar-refractivity contribution in [2.75, 3.05) is 13.2 Å². The third kappa shape index (κ3) is 2.21. The lowest BCUT2D eigenvalue weighted by Crippen LogP contribution is -2.32. The number of thiophene rings is 1. The molecule has 0 aromatic carbocycles. The topological polar surface area (TPSA) is 84.1 Å². The zero-order valence-corrected chi connectivity index (χ0v) is 12.7. The van der Waals surface area contributed by atoms with Crippen LogP contribution in [0.3, 0.4) is 0 Å². The van der Waals surface area contributed by atoms with Gasteiger partial charge >= 0.3 is 0 Å². The molecule has 0 saturated carbocycles. The predicted octanol–water partition coefficient (Wildman–Crippen LogP) is 1.36. The second-order valence-corrected chi connectivity index (χ2v) is 6.67. The van der Waals surface area contributed by atoms with E-state index >= 15 is 0 Å². The normalized spacial score (nSPS) is 19.4. The third-order valence-corrected chi connectivity index (χ3v) is 5.26. The fraction of sp³-hybridized carbons (Fsp3) is 0.400. The fourth-order valence-corrected chi connectivity index (χ4v) is 4.21. The highest BCUT2D eigenvalue weighted by atomic mass is 32.1. The van der Waals surface area contributed by atoms with Crippen molar-refractivity contribution in [1.82, 2.24) is 15.3 Å². The molecule has 1 amide bonds. The highest BCUT2D eigenvalue weighted by molar-refractivity contribution is 7.18. The monoisotopic (exact) mass is 317 g/mol. The van der Waals surface area contributed by atoms with Gasteiger partial charge in [0.05, 0.1) is 18.3 Å². The second kappa shape index (κ2) is 5.24. The summed E-state index contributed by atoms with van der Waals surface area (Å²) in [5, 5.41) is 3.45. The van der Waals surface area contributed by atoms with E-state index in [1.165, 1.54) is 16.2 Å². The van der Waals surface area contributed by atoms with Gasteiger partial charge in [0.1, 0.15) is 4.83 Å². The van der Waals surface area contributed by atoms with Gasteiger partial charge in [0, 0.05) is 17.3 Å². The SMILES string of the molecule is O=C(NCC1C=COC1)c1nc2sc3c(c2c(=O)[nH]1)CCC3. The first-order valence-electron chi connectivity index (χ1n) is 7.33. The van der Waals surface area contributed by atoms with Crippen molar-refractivity contribution >= 4 is 27.5 Å². The standard InChI is InChI=1S/C15H15N3O3S/c19-13-11-9-2-1-3-10(9)22-15(11)18-12(17-13)14(20)16-6-8-4-5-21-7-8/h4-5,8H,1-3,6-7H2,(H,16,20)(H,17,18,19). The molecule has 1 atom stereocenters. The quantitative estimate of drug-likeness (QED) is 0.895. The van der Waals surface area contributed by atoms with Gasteiger partial charge in [0.2, 0.25) is 5.82 Å². The number of hydrogen-bond acceptors (Lipinski definition) is 5. The van der Waals surface area contributed by atoms with Crippen LogP contribution in [0.2, 0.25) is 0 Å². The molecule has 2 aromatic heterocycles. The number of aryl methyl sites for hydroxylation is 2. The molecule has 1 aliphatic carbocycles. The van der Waals surface area contributed by atoms with Gasteiger partial charge in [0.15, 0.2) is 0 Å². The van der Waals surface area contributed by atoms with Crippen LogP contribution in [-0.2, 0) is 17.6 Å². The largest absolute Gasteiger partial charge is 0.501 e. The van der Waals surface area contributed by atoms with E-state index in [1.807, 2.05) is 6.08 Å². The Kier molecular flexibility index (Phi) is 3.22. The first-order valence-corrected chi connectivity index (χ1v) is 8.15. The molecule has 0 fully saturated rings. The number of nitrogens with one attached hydrogen (secondary N) is 2. The molecule has 3 heterocycles. The van der Waals surface area contributed by atoms with E-state index in [9.17, 15) is 9.59 Å². The second-order valence-electron chi connectivity index (χ2n) is 5.58. The van der Waals surface area contributed by atoms with Crippen LogP contribution >= 0.6 is 11.3 Å². The molecule has 1 aliphatic heterocycles. The summed E-state index contributed by atoms with van der Waals surface area (Å²) in [7, 11) is 0. The Labute approximate surface area is 130 Å². The van der Waals surface area contributed by atoms with E-state index < -0.39 is 0 Å². The lowest BCUT2D eigenvalue weighted by Gasteiger charge is -2.08. The molecule has 7 heteroatoms. The van der Waals surface area contributed by atoms with Crippen molar-refractivity contribution in [3.8, 4) is 0 Å². The first kappa shape index (κ1) is 13.5. The molecule has 2 N–H and O–H groups in total. The minimum absolute atomic E-state index is 0.0836. The molecule has 22 heavy (non-hydrogen) atoms. The van der Waals surface area contributed by atoms with Crippen LogP contribution in [0.5, 0.6) is 0 Å². The zero-order valence-electron chi connectivity index (χ0n) is 11.8. The molecule has 2 aliphatic rings. The summed E-state index contributed by atoms with van der Waals surface area (Å²) in [4.78, 5) is 33.3. The molecular formula is C15H15N3O3S. The lowest BCUT2D eigenvalue weighted by molar-refractivity contribution is 0.0936. The van der Waals surface area contributed by atoms with Gasteiger partial charge in [-0.15, -0.1) is 11.3 Å². The van der Waals surface area contributed by atoms with E-state index in [4.69, 9.17) is 4.74 Å². The molecule has 4 rings (SSSR count). The Bertz CT molecular complexity index is 836. The Morgan fingerprint density at radius 2 is 2.41 bits per heavy atom. The van der Waals surface area contributed by atoms with Crippen LogP contribution in [0.1, 0.15) is 27.5 Å². The maximum Gasteiger partial charge on any atom is 0.287 e. The van der Waals surface area contributed by atoms with E-state index in [0.717, 1.165) is 24.8 Å². The van der Waals surface area contributed by atoms with E-state index in [2.05, 4.69) is 15.3 Å². The zero-order chi connectivity index (χ0) is 15.1. The Balaban J connectivity index is 1.60. The molecule has 0 saturated heterocycles. The number of nitrogens with zero attached hydrogens (tertiary/aromatic N) is 1. The summed E-state index contributed by atoms with van der Waals surface area (Å²) < 4.78 is 5.10. The number of rotatable bonds is 3. The van der Waals surface area contributed by atoms with Crippen molar-refractivity contribution in [2.24, 2.45) is 5.92 Å². The molecule has 1 unspecified atom stereocenters. The number of aromatic nitrogens is 2. The summed E-state index contributed by atoms with van der Waals surface area (Å²) in [5.41, 5.74) is 0.910. The Morgan fingerprint density at radius 3 is 3.23 bits per heavy atom. The highest BCUT2D eigenvalue weighted by Gasteiger charge is 2.22. The van der Waals surface area contributed by atoms with Crippen molar-refractivity contribution in [1.29, 1.82) is 0 Å². The van der Waals surface area contributed by atoms with Crippen LogP contribution in [0.15, 0.2) is 17.1 Å². The fourth-order valence-electron chi connectivity index (χ4n) is 2.95. The molecule has 0 radical (unpaired) electrons. The average molecular weight is 317 g/mol. The van der Waals surface area contributed by atoms with E-state index in [1.54, 1.807) is 6.26 Å².